The van der Waals surface area contributed by atoms with E-state index in [1.807, 2.05) is 0 Å². The molecule has 0 aliphatic rings. The summed E-state index contributed by atoms with van der Waals surface area (Å²) < 4.78 is 0. The third-order valence-corrected chi connectivity index (χ3v) is 3.79. The van der Waals surface area contributed by atoms with Gasteiger partial charge in [-0.3, -0.25) is 4.79 Å². The van der Waals surface area contributed by atoms with Crippen LogP contribution in [0.2, 0.25) is 0 Å². The minimum atomic E-state index is -0.259. The van der Waals surface area contributed by atoms with Crippen LogP contribution in [-0.2, 0) is 4.79 Å². The van der Waals surface area contributed by atoms with Crippen LogP contribution >= 0.6 is 0 Å². The van der Waals surface area contributed by atoms with Crippen LogP contribution in [0.1, 0.15) is 84.0 Å². The number of amides is 1. The number of carbonyl (C=O) groups excluding carboxylic acids is 1. The Balaban J connectivity index is 3.27. The van der Waals surface area contributed by atoms with Crippen LogP contribution < -0.4 is 5.73 Å². The predicted molar refractivity (Wildman–Crippen MR) is 80.8 cm³/mol. The highest BCUT2D eigenvalue weighted by molar-refractivity contribution is 5.76. The van der Waals surface area contributed by atoms with Crippen molar-refractivity contribution in [1.82, 2.24) is 0 Å². The highest BCUT2D eigenvalue weighted by Gasteiger charge is 2.13. The molecule has 114 valence electrons. The van der Waals surface area contributed by atoms with Gasteiger partial charge in [-0.15, -0.1) is 0 Å². The van der Waals surface area contributed by atoms with E-state index in [1.165, 1.54) is 57.8 Å². The van der Waals surface area contributed by atoms with Crippen molar-refractivity contribution in [3.05, 3.63) is 0 Å². The lowest BCUT2D eigenvalue weighted by atomic mass is 9.97. The second-order valence-electron chi connectivity index (χ2n) is 5.58. The highest BCUT2D eigenvalue weighted by atomic mass is 16.3. The molecule has 0 aromatic heterocycles. The van der Waals surface area contributed by atoms with Gasteiger partial charge in [0.2, 0.25) is 5.91 Å². The van der Waals surface area contributed by atoms with Gasteiger partial charge < -0.3 is 10.8 Å². The Hall–Kier alpha value is -0.570. The number of aliphatic hydroxyl groups is 1. The second kappa shape index (κ2) is 13.9. The average Bonchev–Trinajstić information content (AvgIpc) is 2.39. The average molecular weight is 271 g/mol. The zero-order valence-electron chi connectivity index (χ0n) is 12.7. The first-order valence-electron chi connectivity index (χ1n) is 8.12. The Morgan fingerprint density at radius 1 is 0.895 bits per heavy atom. The van der Waals surface area contributed by atoms with Crippen LogP contribution in [0.4, 0.5) is 0 Å². The number of primary amides is 1. The molecule has 1 amide bonds. The van der Waals surface area contributed by atoms with E-state index in [9.17, 15) is 4.79 Å². The van der Waals surface area contributed by atoms with Gasteiger partial charge in [0.1, 0.15) is 0 Å². The molecule has 0 radical (unpaired) electrons. The summed E-state index contributed by atoms with van der Waals surface area (Å²) >= 11 is 0. The number of rotatable bonds is 14. The molecule has 19 heavy (non-hydrogen) atoms. The third-order valence-electron chi connectivity index (χ3n) is 3.79. The Morgan fingerprint density at radius 2 is 1.37 bits per heavy atom. The van der Waals surface area contributed by atoms with E-state index in [0.717, 1.165) is 12.8 Å². The van der Waals surface area contributed by atoms with Crippen LogP contribution in [0, 0.1) is 5.92 Å². The molecule has 1 unspecified atom stereocenters. The standard InChI is InChI=1S/C16H33NO2/c1-2-3-4-5-6-7-8-9-10-11-12-15(13-14-18)16(17)19/h15,18H,2-14H2,1H3,(H2,17,19). The molecule has 0 rings (SSSR count). The molecular formula is C16H33NO2. The first-order chi connectivity index (χ1) is 9.22. The molecule has 0 saturated heterocycles. The molecule has 0 fully saturated rings. The van der Waals surface area contributed by atoms with Gasteiger partial charge in [-0.2, -0.15) is 0 Å². The molecule has 0 spiro atoms. The Morgan fingerprint density at radius 3 is 1.79 bits per heavy atom. The number of nitrogens with two attached hydrogens (primary N) is 1. The van der Waals surface area contributed by atoms with E-state index >= 15 is 0 Å². The van der Waals surface area contributed by atoms with E-state index in [-0.39, 0.29) is 18.4 Å². The van der Waals surface area contributed by atoms with Gasteiger partial charge in [0, 0.05) is 12.5 Å². The summed E-state index contributed by atoms with van der Waals surface area (Å²) in [6, 6.07) is 0. The van der Waals surface area contributed by atoms with Gasteiger partial charge in [0.15, 0.2) is 0 Å². The van der Waals surface area contributed by atoms with Gasteiger partial charge >= 0.3 is 0 Å². The maximum absolute atomic E-state index is 11.1. The van der Waals surface area contributed by atoms with Gasteiger partial charge in [0.05, 0.1) is 0 Å². The summed E-state index contributed by atoms with van der Waals surface area (Å²) in [7, 11) is 0. The van der Waals surface area contributed by atoms with Crippen molar-refractivity contribution in [2.24, 2.45) is 11.7 Å². The highest BCUT2D eigenvalue weighted by Crippen LogP contribution is 2.15. The van der Waals surface area contributed by atoms with Gasteiger partial charge in [-0.05, 0) is 12.8 Å². The van der Waals surface area contributed by atoms with Crippen molar-refractivity contribution in [2.45, 2.75) is 84.0 Å². The molecule has 3 nitrogen and oxygen atoms in total. The molecular weight excluding hydrogens is 238 g/mol. The topological polar surface area (TPSA) is 63.3 Å². The molecule has 1 atom stereocenters. The smallest absolute Gasteiger partial charge is 0.220 e. The van der Waals surface area contributed by atoms with Crippen molar-refractivity contribution in [1.29, 1.82) is 0 Å². The minimum Gasteiger partial charge on any atom is -0.396 e. The molecule has 0 aliphatic heterocycles. The maximum atomic E-state index is 11.1. The fourth-order valence-electron chi connectivity index (χ4n) is 2.46. The van der Waals surface area contributed by atoms with E-state index in [1.54, 1.807) is 0 Å². The largest absolute Gasteiger partial charge is 0.396 e. The quantitative estimate of drug-likeness (QED) is 0.472. The summed E-state index contributed by atoms with van der Waals surface area (Å²) in [6.45, 7) is 2.31. The molecule has 0 saturated carbocycles. The Labute approximate surface area is 119 Å². The summed E-state index contributed by atoms with van der Waals surface area (Å²) in [5, 5.41) is 8.84. The van der Waals surface area contributed by atoms with E-state index in [4.69, 9.17) is 10.8 Å². The van der Waals surface area contributed by atoms with Crippen molar-refractivity contribution >= 4 is 5.91 Å². The zero-order chi connectivity index (χ0) is 14.3. The molecule has 0 heterocycles. The first kappa shape index (κ1) is 18.4. The van der Waals surface area contributed by atoms with Crippen LogP contribution in [-0.4, -0.2) is 17.6 Å². The summed E-state index contributed by atoms with van der Waals surface area (Å²) in [5.41, 5.74) is 5.29. The summed E-state index contributed by atoms with van der Waals surface area (Å²) in [4.78, 5) is 11.1. The fourth-order valence-corrected chi connectivity index (χ4v) is 2.46. The molecule has 3 heteroatoms. The zero-order valence-corrected chi connectivity index (χ0v) is 12.7. The fraction of sp³-hybridized carbons (Fsp3) is 0.938. The number of hydrogen-bond acceptors (Lipinski definition) is 2. The van der Waals surface area contributed by atoms with Crippen LogP contribution in [0.5, 0.6) is 0 Å². The molecule has 0 aromatic carbocycles. The van der Waals surface area contributed by atoms with E-state index in [2.05, 4.69) is 6.92 Å². The summed E-state index contributed by atoms with van der Waals surface area (Å²) in [5.74, 6) is -0.385. The maximum Gasteiger partial charge on any atom is 0.220 e. The normalized spacial score (nSPS) is 12.5. The lowest BCUT2D eigenvalue weighted by Gasteiger charge is -2.11. The molecule has 0 bridgehead atoms. The van der Waals surface area contributed by atoms with Gasteiger partial charge in [-0.25, -0.2) is 0 Å². The molecule has 3 N–H and O–H groups in total. The number of carbonyl (C=O) groups is 1. The van der Waals surface area contributed by atoms with Crippen LogP contribution in [0.3, 0.4) is 0 Å². The Kier molecular flexibility index (Phi) is 13.4. The van der Waals surface area contributed by atoms with E-state index in [0.29, 0.717) is 6.42 Å². The number of unbranched alkanes of at least 4 members (excludes halogenated alkanes) is 9. The number of aliphatic hydroxyl groups excluding tert-OH is 1. The lowest BCUT2D eigenvalue weighted by Crippen LogP contribution is -2.24. The van der Waals surface area contributed by atoms with Crippen molar-refractivity contribution < 1.29 is 9.90 Å². The molecule has 0 aromatic rings. The summed E-state index contributed by atoms with van der Waals surface area (Å²) in [6.07, 6.45) is 14.4. The van der Waals surface area contributed by atoms with Crippen molar-refractivity contribution in [3.63, 3.8) is 0 Å². The van der Waals surface area contributed by atoms with Crippen LogP contribution in [0.25, 0.3) is 0 Å². The van der Waals surface area contributed by atoms with Crippen LogP contribution in [0.15, 0.2) is 0 Å². The SMILES string of the molecule is CCCCCCCCCCCCC(CCO)C(N)=O. The monoisotopic (exact) mass is 271 g/mol. The van der Waals surface area contributed by atoms with Crippen molar-refractivity contribution in [2.75, 3.05) is 6.61 Å². The van der Waals surface area contributed by atoms with Crippen molar-refractivity contribution in [3.8, 4) is 0 Å². The predicted octanol–water partition coefficient (Wildman–Crippen LogP) is 3.78. The van der Waals surface area contributed by atoms with E-state index < -0.39 is 0 Å². The Bertz CT molecular complexity index is 207. The third kappa shape index (κ3) is 12.2. The minimum absolute atomic E-state index is 0.0609. The first-order valence-corrected chi connectivity index (χ1v) is 8.12. The van der Waals surface area contributed by atoms with Gasteiger partial charge in [-0.1, -0.05) is 71.1 Å². The number of hydrogen-bond donors (Lipinski definition) is 2. The van der Waals surface area contributed by atoms with Gasteiger partial charge in [0.25, 0.3) is 0 Å². The lowest BCUT2D eigenvalue weighted by molar-refractivity contribution is -0.122. The second-order valence-corrected chi connectivity index (χ2v) is 5.58. The molecule has 0 aliphatic carbocycles.